The number of anilines is 1. The number of nitrogens with zero attached hydrogens (tertiary/aromatic N) is 2. The Labute approximate surface area is 73.0 Å². The van der Waals surface area contributed by atoms with E-state index < -0.39 is 21.7 Å². The first-order valence-electron chi connectivity index (χ1n) is 3.07. The third kappa shape index (κ3) is 3.07. The Bertz CT molecular complexity index is 382. The van der Waals surface area contributed by atoms with Gasteiger partial charge in [-0.2, -0.15) is 10.1 Å². The van der Waals surface area contributed by atoms with E-state index in [4.69, 9.17) is 5.11 Å². The van der Waals surface area contributed by atoms with E-state index in [9.17, 15) is 13.2 Å². The van der Waals surface area contributed by atoms with Gasteiger partial charge in [0, 0.05) is 0 Å². The number of nitrogens with one attached hydrogen (secondary N) is 2. The highest BCUT2D eigenvalue weighted by Crippen LogP contribution is 1.97. The molecule has 0 aliphatic carbocycles. The Balaban J connectivity index is 2.68. The minimum absolute atomic E-state index is 0.110. The molecular formula is C4H6N4O4S. The van der Waals surface area contributed by atoms with E-state index in [-0.39, 0.29) is 5.95 Å². The van der Waals surface area contributed by atoms with E-state index >= 15 is 0 Å². The van der Waals surface area contributed by atoms with Crippen LogP contribution in [-0.2, 0) is 14.8 Å². The molecule has 72 valence electrons. The van der Waals surface area contributed by atoms with Crippen molar-refractivity contribution in [3.8, 4) is 0 Å². The Morgan fingerprint density at radius 2 is 2.38 bits per heavy atom. The van der Waals surface area contributed by atoms with Gasteiger partial charge in [-0.25, -0.2) is 13.5 Å². The predicted octanol–water partition coefficient (Wildman–Crippen LogP) is -1.37. The largest absolute Gasteiger partial charge is 0.480 e. The van der Waals surface area contributed by atoms with Crippen LogP contribution >= 0.6 is 0 Å². The number of hydrogen-bond acceptors (Lipinski definition) is 5. The van der Waals surface area contributed by atoms with E-state index in [2.05, 4.69) is 15.2 Å². The van der Waals surface area contributed by atoms with Gasteiger partial charge in [-0.1, -0.05) is 0 Å². The first kappa shape index (κ1) is 9.45. The second-order valence-electron chi connectivity index (χ2n) is 2.09. The maximum atomic E-state index is 10.9. The first-order valence-corrected chi connectivity index (χ1v) is 4.72. The molecule has 0 aromatic carbocycles. The SMILES string of the molecule is O=C(O)CS(=O)(=O)Nc1ncn[nH]1. The third-order valence-corrected chi connectivity index (χ3v) is 2.11. The van der Waals surface area contributed by atoms with E-state index in [0.717, 1.165) is 6.33 Å². The van der Waals surface area contributed by atoms with E-state index in [0.29, 0.717) is 0 Å². The molecule has 0 amide bonds. The number of carbonyl (C=O) groups is 1. The zero-order chi connectivity index (χ0) is 9.90. The predicted molar refractivity (Wildman–Crippen MR) is 41.4 cm³/mol. The molecule has 0 radical (unpaired) electrons. The van der Waals surface area contributed by atoms with Gasteiger partial charge in [0.05, 0.1) is 0 Å². The lowest BCUT2D eigenvalue weighted by Gasteiger charge is -2.00. The molecule has 0 bridgehead atoms. The molecule has 8 nitrogen and oxygen atoms in total. The number of rotatable bonds is 4. The molecule has 0 fully saturated rings. The molecule has 0 atom stereocenters. The van der Waals surface area contributed by atoms with Crippen molar-refractivity contribution >= 4 is 21.9 Å². The summed E-state index contributed by atoms with van der Waals surface area (Å²) in [7, 11) is -3.89. The highest BCUT2D eigenvalue weighted by Gasteiger charge is 2.16. The highest BCUT2D eigenvalue weighted by molar-refractivity contribution is 7.93. The zero-order valence-electron chi connectivity index (χ0n) is 6.26. The summed E-state index contributed by atoms with van der Waals surface area (Å²) >= 11 is 0. The van der Waals surface area contributed by atoms with Gasteiger partial charge in [-0.05, 0) is 0 Å². The molecule has 9 heteroatoms. The quantitative estimate of drug-likeness (QED) is 0.558. The molecule has 1 rings (SSSR count). The summed E-state index contributed by atoms with van der Waals surface area (Å²) in [5, 5.41) is 13.8. The number of aromatic nitrogens is 3. The van der Waals surface area contributed by atoms with Crippen molar-refractivity contribution < 1.29 is 18.3 Å². The number of sulfonamides is 1. The number of carboxylic acid groups (broad SMARTS) is 1. The van der Waals surface area contributed by atoms with Crippen LogP contribution in [0.25, 0.3) is 0 Å². The van der Waals surface area contributed by atoms with Gasteiger partial charge >= 0.3 is 5.97 Å². The van der Waals surface area contributed by atoms with Crippen molar-refractivity contribution in [3.63, 3.8) is 0 Å². The summed E-state index contributed by atoms with van der Waals surface area (Å²) in [4.78, 5) is 13.5. The topological polar surface area (TPSA) is 125 Å². The summed E-state index contributed by atoms with van der Waals surface area (Å²) < 4.78 is 23.7. The molecule has 0 saturated carbocycles. The number of aliphatic carboxylic acids is 1. The molecule has 13 heavy (non-hydrogen) atoms. The first-order chi connectivity index (χ1) is 5.99. The smallest absolute Gasteiger partial charge is 0.320 e. The van der Waals surface area contributed by atoms with Crippen molar-refractivity contribution in [3.05, 3.63) is 6.33 Å². The van der Waals surface area contributed by atoms with Crippen molar-refractivity contribution in [2.45, 2.75) is 0 Å². The van der Waals surface area contributed by atoms with Gasteiger partial charge in [-0.3, -0.25) is 9.52 Å². The van der Waals surface area contributed by atoms with Crippen molar-refractivity contribution in [1.29, 1.82) is 0 Å². The number of H-pyrrole nitrogens is 1. The summed E-state index contributed by atoms with van der Waals surface area (Å²) in [6.07, 6.45) is 1.10. The van der Waals surface area contributed by atoms with E-state index in [1.807, 2.05) is 4.72 Å². The monoisotopic (exact) mass is 206 g/mol. The van der Waals surface area contributed by atoms with Crippen LogP contribution in [0, 0.1) is 0 Å². The summed E-state index contributed by atoms with van der Waals surface area (Å²) in [6.45, 7) is 0. The summed E-state index contributed by atoms with van der Waals surface area (Å²) in [5.41, 5.74) is 0. The lowest BCUT2D eigenvalue weighted by Crippen LogP contribution is -2.22. The maximum absolute atomic E-state index is 10.9. The van der Waals surface area contributed by atoms with Crippen LogP contribution in [0.5, 0.6) is 0 Å². The summed E-state index contributed by atoms with van der Waals surface area (Å²) in [5.74, 6) is -2.55. The zero-order valence-corrected chi connectivity index (χ0v) is 7.08. The Morgan fingerprint density at radius 3 is 2.85 bits per heavy atom. The molecule has 1 heterocycles. The van der Waals surface area contributed by atoms with Gasteiger partial charge in [0.2, 0.25) is 16.0 Å². The van der Waals surface area contributed by atoms with Crippen molar-refractivity contribution in [2.75, 3.05) is 10.5 Å². The van der Waals surface area contributed by atoms with E-state index in [1.165, 1.54) is 0 Å². The third-order valence-electron chi connectivity index (χ3n) is 0.981. The number of carboxylic acids is 1. The molecule has 1 aromatic rings. The fraction of sp³-hybridized carbons (Fsp3) is 0.250. The van der Waals surface area contributed by atoms with Crippen LogP contribution in [0.4, 0.5) is 5.95 Å². The second-order valence-corrected chi connectivity index (χ2v) is 3.81. The number of hydrogen-bond donors (Lipinski definition) is 3. The van der Waals surface area contributed by atoms with Gasteiger partial charge < -0.3 is 5.11 Å². The highest BCUT2D eigenvalue weighted by atomic mass is 32.2. The Hall–Kier alpha value is -1.64. The molecule has 0 unspecified atom stereocenters. The Morgan fingerprint density at radius 1 is 1.69 bits per heavy atom. The standard InChI is InChI=1S/C4H6N4O4S/c9-3(10)1-13(11,12)8-4-5-2-6-7-4/h2H,1H2,(H,9,10)(H2,5,6,7,8). The van der Waals surface area contributed by atoms with E-state index in [1.54, 1.807) is 0 Å². The molecule has 0 aliphatic rings. The van der Waals surface area contributed by atoms with Crippen LogP contribution < -0.4 is 4.72 Å². The van der Waals surface area contributed by atoms with Crippen LogP contribution in [0.3, 0.4) is 0 Å². The van der Waals surface area contributed by atoms with Crippen LogP contribution in [0.2, 0.25) is 0 Å². The van der Waals surface area contributed by atoms with Crippen molar-refractivity contribution in [2.24, 2.45) is 0 Å². The number of aromatic amines is 1. The maximum Gasteiger partial charge on any atom is 0.320 e. The molecule has 3 N–H and O–H groups in total. The molecular weight excluding hydrogens is 200 g/mol. The molecule has 0 aliphatic heterocycles. The van der Waals surface area contributed by atoms with Crippen LogP contribution in [0.15, 0.2) is 6.33 Å². The van der Waals surface area contributed by atoms with Crippen LogP contribution in [0.1, 0.15) is 0 Å². The normalized spacial score (nSPS) is 11.1. The molecule has 0 spiro atoms. The Kier molecular flexibility index (Phi) is 2.46. The lowest BCUT2D eigenvalue weighted by atomic mass is 10.8. The summed E-state index contributed by atoms with van der Waals surface area (Å²) in [6, 6.07) is 0. The van der Waals surface area contributed by atoms with Crippen LogP contribution in [-0.4, -0.2) is 40.4 Å². The minimum atomic E-state index is -3.89. The fourth-order valence-electron chi connectivity index (χ4n) is 0.601. The lowest BCUT2D eigenvalue weighted by molar-refractivity contribution is -0.134. The molecule has 1 aromatic heterocycles. The average Bonchev–Trinajstić information content (AvgIpc) is 2.34. The second kappa shape index (κ2) is 3.39. The fourth-order valence-corrected chi connectivity index (χ4v) is 1.39. The van der Waals surface area contributed by atoms with Gasteiger partial charge in [0.25, 0.3) is 0 Å². The van der Waals surface area contributed by atoms with Gasteiger partial charge in [-0.15, -0.1) is 0 Å². The average molecular weight is 206 g/mol. The molecule has 0 saturated heterocycles. The minimum Gasteiger partial charge on any atom is -0.480 e. The van der Waals surface area contributed by atoms with Crippen molar-refractivity contribution in [1.82, 2.24) is 15.2 Å². The van der Waals surface area contributed by atoms with Gasteiger partial charge in [0.15, 0.2) is 5.75 Å². The van der Waals surface area contributed by atoms with Gasteiger partial charge in [0.1, 0.15) is 6.33 Å².